The van der Waals surface area contributed by atoms with Gasteiger partial charge in [-0.3, -0.25) is 0 Å². The second-order valence-electron chi connectivity index (χ2n) is 3.82. The zero-order valence-electron chi connectivity index (χ0n) is 9.99. The van der Waals surface area contributed by atoms with Crippen molar-refractivity contribution in [2.45, 2.75) is 13.8 Å². The number of hydrogen-bond acceptors (Lipinski definition) is 3. The summed E-state index contributed by atoms with van der Waals surface area (Å²) in [7, 11) is 1.66. The van der Waals surface area contributed by atoms with Crippen LogP contribution in [0.1, 0.15) is 11.1 Å². The molecule has 1 rings (SSSR count). The third-order valence-corrected chi connectivity index (χ3v) is 2.46. The molecule has 0 aromatic heterocycles. The lowest BCUT2D eigenvalue weighted by Gasteiger charge is -2.15. The normalized spacial score (nSPS) is 10.0. The molecule has 4 nitrogen and oxygen atoms in total. The molecule has 0 aliphatic carbocycles. The Balaban J connectivity index is 2.66. The minimum absolute atomic E-state index is 0.381. The molecule has 4 heteroatoms. The van der Waals surface area contributed by atoms with Crippen LogP contribution in [-0.2, 0) is 0 Å². The monoisotopic (exact) mass is 222 g/mol. The van der Waals surface area contributed by atoms with Crippen LogP contribution in [0.2, 0.25) is 0 Å². The fraction of sp³-hybridized carbons (Fsp3) is 0.417. The highest BCUT2D eigenvalue weighted by Crippen LogP contribution is 2.16. The average Bonchev–Trinajstić information content (AvgIpc) is 2.24. The molecule has 1 aromatic carbocycles. The summed E-state index contributed by atoms with van der Waals surface area (Å²) in [4.78, 5) is 13.0. The van der Waals surface area contributed by atoms with Crippen LogP contribution in [0.3, 0.4) is 0 Å². The predicted molar refractivity (Wildman–Crippen MR) is 63.6 cm³/mol. The minimum Gasteiger partial charge on any atom is -0.410 e. The highest BCUT2D eigenvalue weighted by Gasteiger charge is 2.10. The summed E-state index contributed by atoms with van der Waals surface area (Å²) in [6.07, 6.45) is -0.381. The van der Waals surface area contributed by atoms with Crippen molar-refractivity contribution < 1.29 is 9.53 Å². The number of carbonyl (C=O) groups excluding carboxylic acids is 1. The molecule has 0 aliphatic heterocycles. The molecule has 0 spiro atoms. The average molecular weight is 222 g/mol. The Hall–Kier alpha value is -1.55. The Morgan fingerprint density at radius 2 is 2.06 bits per heavy atom. The van der Waals surface area contributed by atoms with Crippen molar-refractivity contribution in [3.05, 3.63) is 29.3 Å². The quantitative estimate of drug-likeness (QED) is 0.846. The highest BCUT2D eigenvalue weighted by atomic mass is 16.6. The number of nitrogens with two attached hydrogens (primary N) is 1. The Morgan fingerprint density at radius 3 is 2.62 bits per heavy atom. The van der Waals surface area contributed by atoms with E-state index in [0.29, 0.717) is 18.8 Å². The second-order valence-corrected chi connectivity index (χ2v) is 3.82. The summed E-state index contributed by atoms with van der Waals surface area (Å²) in [6, 6.07) is 5.57. The van der Waals surface area contributed by atoms with Gasteiger partial charge in [0.2, 0.25) is 0 Å². The van der Waals surface area contributed by atoms with Gasteiger partial charge in [0.05, 0.1) is 0 Å². The molecule has 0 heterocycles. The fourth-order valence-corrected chi connectivity index (χ4v) is 1.24. The number of nitrogens with zero attached hydrogens (tertiary/aromatic N) is 1. The number of amides is 1. The van der Waals surface area contributed by atoms with E-state index in [-0.39, 0.29) is 6.09 Å². The van der Waals surface area contributed by atoms with Gasteiger partial charge in [0, 0.05) is 20.1 Å². The number of benzene rings is 1. The minimum atomic E-state index is -0.381. The third-order valence-electron chi connectivity index (χ3n) is 2.46. The Kier molecular flexibility index (Phi) is 4.31. The first kappa shape index (κ1) is 12.5. The standard InChI is InChI=1S/C12H18N2O2/c1-9-4-5-11(8-10(9)2)16-12(15)14(3)7-6-13/h4-5,8H,6-7,13H2,1-3H3. The van der Waals surface area contributed by atoms with Crippen LogP contribution in [0, 0.1) is 13.8 Å². The maximum absolute atomic E-state index is 11.5. The van der Waals surface area contributed by atoms with Crippen LogP contribution in [-0.4, -0.2) is 31.1 Å². The van der Waals surface area contributed by atoms with Crippen LogP contribution in [0.4, 0.5) is 4.79 Å². The molecule has 88 valence electrons. The van der Waals surface area contributed by atoms with E-state index in [1.165, 1.54) is 10.5 Å². The highest BCUT2D eigenvalue weighted by molar-refractivity contribution is 5.70. The van der Waals surface area contributed by atoms with Gasteiger partial charge in [-0.1, -0.05) is 6.07 Å². The van der Waals surface area contributed by atoms with E-state index >= 15 is 0 Å². The Morgan fingerprint density at radius 1 is 1.38 bits per heavy atom. The van der Waals surface area contributed by atoms with E-state index in [2.05, 4.69) is 0 Å². The van der Waals surface area contributed by atoms with Crippen molar-refractivity contribution >= 4 is 6.09 Å². The summed E-state index contributed by atoms with van der Waals surface area (Å²) in [5, 5.41) is 0. The molecule has 0 fully saturated rings. The van der Waals surface area contributed by atoms with Gasteiger partial charge in [-0.05, 0) is 37.1 Å². The molecule has 2 N–H and O–H groups in total. The van der Waals surface area contributed by atoms with Gasteiger partial charge >= 0.3 is 6.09 Å². The smallest absolute Gasteiger partial charge is 0.410 e. The SMILES string of the molecule is Cc1ccc(OC(=O)N(C)CCN)cc1C. The molecule has 1 aromatic rings. The number of hydrogen-bond donors (Lipinski definition) is 1. The molecule has 0 bridgehead atoms. The first-order chi connectivity index (χ1) is 7.54. The number of rotatable bonds is 3. The molecule has 0 aliphatic rings. The Labute approximate surface area is 96.0 Å². The predicted octanol–water partition coefficient (Wildman–Crippen LogP) is 1.69. The van der Waals surface area contributed by atoms with Gasteiger partial charge < -0.3 is 15.4 Å². The van der Waals surface area contributed by atoms with Gasteiger partial charge in [0.25, 0.3) is 0 Å². The van der Waals surface area contributed by atoms with E-state index in [0.717, 1.165) is 5.56 Å². The number of ether oxygens (including phenoxy) is 1. The van der Waals surface area contributed by atoms with Crippen LogP contribution >= 0.6 is 0 Å². The molecule has 0 saturated carbocycles. The van der Waals surface area contributed by atoms with Crippen LogP contribution in [0.15, 0.2) is 18.2 Å². The van der Waals surface area contributed by atoms with Crippen LogP contribution < -0.4 is 10.5 Å². The van der Waals surface area contributed by atoms with Crippen molar-refractivity contribution in [3.63, 3.8) is 0 Å². The molecular weight excluding hydrogens is 204 g/mol. The van der Waals surface area contributed by atoms with Gasteiger partial charge in [-0.15, -0.1) is 0 Å². The van der Waals surface area contributed by atoms with Crippen LogP contribution in [0.5, 0.6) is 5.75 Å². The molecule has 0 atom stereocenters. The van der Waals surface area contributed by atoms with Gasteiger partial charge in [-0.2, -0.15) is 0 Å². The maximum atomic E-state index is 11.5. The van der Waals surface area contributed by atoms with Gasteiger partial charge in [0.1, 0.15) is 5.75 Å². The van der Waals surface area contributed by atoms with Gasteiger partial charge in [0.15, 0.2) is 0 Å². The molecular formula is C12H18N2O2. The van der Waals surface area contributed by atoms with E-state index in [1.807, 2.05) is 26.0 Å². The number of likely N-dealkylation sites (N-methyl/N-ethyl adjacent to an activating group) is 1. The fourth-order valence-electron chi connectivity index (χ4n) is 1.24. The molecule has 0 unspecified atom stereocenters. The summed E-state index contributed by atoms with van der Waals surface area (Å²) >= 11 is 0. The van der Waals surface area contributed by atoms with Crippen molar-refractivity contribution in [1.29, 1.82) is 0 Å². The Bertz CT molecular complexity index is 377. The number of aryl methyl sites for hydroxylation is 2. The number of carbonyl (C=O) groups is 1. The van der Waals surface area contributed by atoms with E-state index in [9.17, 15) is 4.79 Å². The topological polar surface area (TPSA) is 55.6 Å². The maximum Gasteiger partial charge on any atom is 0.415 e. The summed E-state index contributed by atoms with van der Waals surface area (Å²) in [5.74, 6) is 0.567. The summed E-state index contributed by atoms with van der Waals surface area (Å²) in [5.41, 5.74) is 7.63. The molecule has 0 saturated heterocycles. The van der Waals surface area contributed by atoms with Gasteiger partial charge in [-0.25, -0.2) is 4.79 Å². The zero-order valence-corrected chi connectivity index (χ0v) is 9.99. The molecule has 0 radical (unpaired) electrons. The summed E-state index contributed by atoms with van der Waals surface area (Å²) in [6.45, 7) is 4.92. The second kappa shape index (κ2) is 5.51. The lowest BCUT2D eigenvalue weighted by molar-refractivity contribution is 0.164. The molecule has 1 amide bonds. The summed E-state index contributed by atoms with van der Waals surface area (Å²) < 4.78 is 5.20. The van der Waals surface area contributed by atoms with E-state index < -0.39 is 0 Å². The third kappa shape index (κ3) is 3.24. The first-order valence-electron chi connectivity index (χ1n) is 5.25. The lowest BCUT2D eigenvalue weighted by Crippen LogP contribution is -2.33. The first-order valence-corrected chi connectivity index (χ1v) is 5.25. The van der Waals surface area contributed by atoms with Crippen LogP contribution in [0.25, 0.3) is 0 Å². The van der Waals surface area contributed by atoms with E-state index in [4.69, 9.17) is 10.5 Å². The zero-order chi connectivity index (χ0) is 12.1. The van der Waals surface area contributed by atoms with E-state index in [1.54, 1.807) is 13.1 Å². The van der Waals surface area contributed by atoms with Crippen molar-refractivity contribution in [2.24, 2.45) is 5.73 Å². The molecule has 16 heavy (non-hydrogen) atoms. The van der Waals surface area contributed by atoms with Crippen molar-refractivity contribution in [1.82, 2.24) is 4.90 Å². The van der Waals surface area contributed by atoms with Crippen molar-refractivity contribution in [3.8, 4) is 5.75 Å². The van der Waals surface area contributed by atoms with Crippen molar-refractivity contribution in [2.75, 3.05) is 20.1 Å². The lowest BCUT2D eigenvalue weighted by atomic mass is 10.1. The largest absolute Gasteiger partial charge is 0.415 e.